The molecule has 1 fully saturated rings. The lowest BCUT2D eigenvalue weighted by Gasteiger charge is -2.37. The van der Waals surface area contributed by atoms with Gasteiger partial charge in [-0.15, -0.1) is 0 Å². The molecule has 2 aliphatic heterocycles. The van der Waals surface area contributed by atoms with E-state index in [0.717, 1.165) is 34.7 Å². The molecule has 11 heteroatoms. The number of rotatable bonds is 6. The van der Waals surface area contributed by atoms with Crippen molar-refractivity contribution in [2.24, 2.45) is 5.92 Å². The molecular formula is C19H22N6O4S. The van der Waals surface area contributed by atoms with Crippen molar-refractivity contribution in [2.45, 2.75) is 25.8 Å². The van der Waals surface area contributed by atoms with Crippen LogP contribution in [0.1, 0.15) is 34.7 Å². The standard InChI is InChI=1S/C19H22N6O4S/c1-30(27,28)25-8-12(9-25)2-3-15(26)17-14-10-24(7-5-16(14)29-23-17)19-13-4-6-20-18(13)21-11-22-19/h4,6,11-12H,2-3,5,7-10H2,1H3,(H,20,21,22). The number of ketones is 1. The Balaban J connectivity index is 1.28. The minimum atomic E-state index is -3.13. The number of hydrogen-bond acceptors (Lipinski definition) is 8. The van der Waals surface area contributed by atoms with Crippen LogP contribution in [-0.4, -0.2) is 64.5 Å². The van der Waals surface area contributed by atoms with Gasteiger partial charge in [0.1, 0.15) is 23.6 Å². The summed E-state index contributed by atoms with van der Waals surface area (Å²) < 4.78 is 29.8. The quantitative estimate of drug-likeness (QED) is 0.581. The second-order valence-electron chi connectivity index (χ2n) is 7.95. The molecule has 3 aromatic rings. The minimum Gasteiger partial charge on any atom is -0.360 e. The number of Topliss-reactive ketones (excluding diaryl/α,β-unsaturated/α-hetero) is 1. The van der Waals surface area contributed by atoms with Crippen LogP contribution in [0.3, 0.4) is 0 Å². The van der Waals surface area contributed by atoms with Gasteiger partial charge >= 0.3 is 0 Å². The first-order valence-electron chi connectivity index (χ1n) is 9.89. The van der Waals surface area contributed by atoms with Crippen molar-refractivity contribution in [1.29, 1.82) is 0 Å². The van der Waals surface area contributed by atoms with Gasteiger partial charge in [0, 0.05) is 44.2 Å². The normalized spacial score (nSPS) is 17.8. The topological polar surface area (TPSA) is 125 Å². The number of H-pyrrole nitrogens is 1. The molecule has 0 atom stereocenters. The Labute approximate surface area is 173 Å². The zero-order chi connectivity index (χ0) is 20.9. The Morgan fingerprint density at radius 2 is 2.17 bits per heavy atom. The maximum atomic E-state index is 12.8. The molecule has 0 amide bonds. The first-order valence-corrected chi connectivity index (χ1v) is 11.7. The predicted molar refractivity (Wildman–Crippen MR) is 109 cm³/mol. The minimum absolute atomic E-state index is 0.0610. The van der Waals surface area contributed by atoms with Crippen LogP contribution in [0.5, 0.6) is 0 Å². The van der Waals surface area contributed by atoms with Crippen molar-refractivity contribution < 1.29 is 17.7 Å². The highest BCUT2D eigenvalue weighted by atomic mass is 32.2. The van der Waals surface area contributed by atoms with E-state index in [9.17, 15) is 13.2 Å². The van der Waals surface area contributed by atoms with E-state index < -0.39 is 10.0 Å². The lowest BCUT2D eigenvalue weighted by Crippen LogP contribution is -2.49. The highest BCUT2D eigenvalue weighted by Gasteiger charge is 2.34. The zero-order valence-electron chi connectivity index (χ0n) is 16.5. The van der Waals surface area contributed by atoms with Gasteiger partial charge in [-0.3, -0.25) is 4.79 Å². The number of nitrogens with one attached hydrogen (secondary N) is 1. The summed E-state index contributed by atoms with van der Waals surface area (Å²) in [5, 5.41) is 4.99. The molecule has 5 heterocycles. The van der Waals surface area contributed by atoms with Crippen LogP contribution in [0.4, 0.5) is 5.82 Å². The lowest BCUT2D eigenvalue weighted by molar-refractivity contribution is 0.0946. The number of nitrogens with zero attached hydrogens (tertiary/aromatic N) is 5. The molecule has 0 spiro atoms. The molecule has 158 valence electrons. The van der Waals surface area contributed by atoms with E-state index in [2.05, 4.69) is 25.0 Å². The third-order valence-electron chi connectivity index (χ3n) is 5.90. The van der Waals surface area contributed by atoms with Gasteiger partial charge < -0.3 is 14.4 Å². The number of aromatic nitrogens is 4. The SMILES string of the molecule is CS(=O)(=O)N1CC(CCC(=O)c2noc3c2CN(c2ncnc4[nH]ccc24)CC3)C1. The second-order valence-corrected chi connectivity index (χ2v) is 9.93. The molecule has 2 aliphatic rings. The van der Waals surface area contributed by atoms with Gasteiger partial charge in [-0.05, 0) is 18.4 Å². The van der Waals surface area contributed by atoms with Gasteiger partial charge in [-0.25, -0.2) is 22.7 Å². The number of anilines is 1. The molecule has 5 rings (SSSR count). The van der Waals surface area contributed by atoms with E-state index in [1.54, 1.807) is 0 Å². The zero-order valence-corrected chi connectivity index (χ0v) is 17.4. The van der Waals surface area contributed by atoms with Crippen LogP contribution >= 0.6 is 0 Å². The highest BCUT2D eigenvalue weighted by Crippen LogP contribution is 2.30. The van der Waals surface area contributed by atoms with Gasteiger partial charge in [0.05, 0.1) is 18.2 Å². The maximum Gasteiger partial charge on any atom is 0.211 e. The first-order chi connectivity index (χ1) is 14.4. The summed E-state index contributed by atoms with van der Waals surface area (Å²) in [7, 11) is -3.13. The predicted octanol–water partition coefficient (Wildman–Crippen LogP) is 1.36. The fourth-order valence-electron chi connectivity index (χ4n) is 4.15. The van der Waals surface area contributed by atoms with Crippen molar-refractivity contribution >= 4 is 32.7 Å². The number of carbonyl (C=O) groups is 1. The molecule has 0 aliphatic carbocycles. The average molecular weight is 430 g/mol. The largest absolute Gasteiger partial charge is 0.360 e. The van der Waals surface area contributed by atoms with E-state index in [-0.39, 0.29) is 11.7 Å². The van der Waals surface area contributed by atoms with Crippen molar-refractivity contribution in [1.82, 2.24) is 24.4 Å². The van der Waals surface area contributed by atoms with Crippen LogP contribution in [0, 0.1) is 5.92 Å². The summed E-state index contributed by atoms with van der Waals surface area (Å²) in [4.78, 5) is 26.7. The van der Waals surface area contributed by atoms with Gasteiger partial charge in [0.2, 0.25) is 10.0 Å². The number of aromatic amines is 1. The summed E-state index contributed by atoms with van der Waals surface area (Å²) >= 11 is 0. The molecule has 3 aromatic heterocycles. The van der Waals surface area contributed by atoms with Crippen LogP contribution < -0.4 is 4.90 Å². The van der Waals surface area contributed by atoms with E-state index in [1.807, 2.05) is 12.3 Å². The first kappa shape index (κ1) is 19.2. The summed E-state index contributed by atoms with van der Waals surface area (Å²) in [5.74, 6) is 1.72. The van der Waals surface area contributed by atoms with E-state index in [4.69, 9.17) is 4.52 Å². The molecule has 0 unspecified atom stereocenters. The van der Waals surface area contributed by atoms with E-state index in [1.165, 1.54) is 16.9 Å². The second kappa shape index (κ2) is 7.17. The van der Waals surface area contributed by atoms with Crippen LogP contribution in [-0.2, 0) is 23.0 Å². The molecule has 0 radical (unpaired) electrons. The van der Waals surface area contributed by atoms with Crippen LogP contribution in [0.2, 0.25) is 0 Å². The molecule has 1 N–H and O–H groups in total. The van der Waals surface area contributed by atoms with Crippen molar-refractivity contribution in [3.05, 3.63) is 35.6 Å². The molecule has 0 aromatic carbocycles. The molecule has 10 nitrogen and oxygen atoms in total. The van der Waals surface area contributed by atoms with Crippen molar-refractivity contribution in [3.8, 4) is 0 Å². The van der Waals surface area contributed by atoms with Crippen molar-refractivity contribution in [3.63, 3.8) is 0 Å². The average Bonchev–Trinajstić information content (AvgIpc) is 3.31. The lowest BCUT2D eigenvalue weighted by atomic mass is 9.94. The Kier molecular flexibility index (Phi) is 4.58. The smallest absolute Gasteiger partial charge is 0.211 e. The number of hydrogen-bond donors (Lipinski definition) is 1. The van der Waals surface area contributed by atoms with Gasteiger partial charge in [0.15, 0.2) is 11.5 Å². The van der Waals surface area contributed by atoms with Crippen molar-refractivity contribution in [2.75, 3.05) is 30.8 Å². The Hall–Kier alpha value is -2.79. The number of carbonyl (C=O) groups excluding carboxylic acids is 1. The summed E-state index contributed by atoms with van der Waals surface area (Å²) in [6, 6.07) is 1.94. The third-order valence-corrected chi connectivity index (χ3v) is 7.13. The Morgan fingerprint density at radius 1 is 1.33 bits per heavy atom. The summed E-state index contributed by atoms with van der Waals surface area (Å²) in [6.45, 7) is 2.19. The van der Waals surface area contributed by atoms with Gasteiger partial charge in [-0.1, -0.05) is 5.16 Å². The van der Waals surface area contributed by atoms with E-state index in [0.29, 0.717) is 44.6 Å². The monoisotopic (exact) mass is 430 g/mol. The Morgan fingerprint density at radius 3 is 2.97 bits per heavy atom. The maximum absolute atomic E-state index is 12.8. The van der Waals surface area contributed by atoms with Gasteiger partial charge in [-0.2, -0.15) is 0 Å². The Bertz CT molecular complexity index is 1210. The summed E-state index contributed by atoms with van der Waals surface area (Å²) in [5.41, 5.74) is 1.98. The molecule has 0 saturated carbocycles. The molecular weight excluding hydrogens is 408 g/mol. The highest BCUT2D eigenvalue weighted by molar-refractivity contribution is 7.88. The third kappa shape index (κ3) is 3.37. The van der Waals surface area contributed by atoms with E-state index >= 15 is 0 Å². The summed E-state index contributed by atoms with van der Waals surface area (Å²) in [6.07, 6.45) is 6.20. The fourth-order valence-corrected chi connectivity index (χ4v) is 5.11. The van der Waals surface area contributed by atoms with Crippen LogP contribution in [0.15, 0.2) is 23.1 Å². The number of fused-ring (bicyclic) bond motifs is 2. The fraction of sp³-hybridized carbons (Fsp3) is 0.474. The molecule has 30 heavy (non-hydrogen) atoms. The molecule has 0 bridgehead atoms. The van der Waals surface area contributed by atoms with Crippen LogP contribution in [0.25, 0.3) is 11.0 Å². The van der Waals surface area contributed by atoms with Gasteiger partial charge in [0.25, 0.3) is 0 Å². The molecule has 1 saturated heterocycles. The number of sulfonamides is 1.